The fourth-order valence-electron chi connectivity index (χ4n) is 1.90. The topological polar surface area (TPSA) is 25.2 Å². The van der Waals surface area contributed by atoms with Crippen LogP contribution < -0.4 is 5.32 Å². The zero-order valence-electron chi connectivity index (χ0n) is 9.96. The highest BCUT2D eigenvalue weighted by Crippen LogP contribution is 2.37. The highest BCUT2D eigenvalue weighted by Gasteiger charge is 2.33. The van der Waals surface area contributed by atoms with E-state index in [0.29, 0.717) is 5.56 Å². The second-order valence-corrected chi connectivity index (χ2v) is 4.87. The van der Waals surface area contributed by atoms with Crippen molar-refractivity contribution in [3.05, 3.63) is 58.0 Å². The first kappa shape index (κ1) is 14.1. The zero-order valence-corrected chi connectivity index (χ0v) is 11.5. The van der Waals surface area contributed by atoms with E-state index in [4.69, 9.17) is 4.42 Å². The van der Waals surface area contributed by atoms with Crippen molar-refractivity contribution in [1.82, 2.24) is 5.32 Å². The highest BCUT2D eigenvalue weighted by molar-refractivity contribution is 9.10. The lowest BCUT2D eigenvalue weighted by molar-refractivity contribution is -0.138. The van der Waals surface area contributed by atoms with Crippen molar-refractivity contribution < 1.29 is 17.6 Å². The third-order valence-electron chi connectivity index (χ3n) is 2.79. The fourth-order valence-corrected chi connectivity index (χ4v) is 2.38. The molecule has 0 aliphatic carbocycles. The molecule has 1 unspecified atom stereocenters. The van der Waals surface area contributed by atoms with E-state index < -0.39 is 11.7 Å². The predicted molar refractivity (Wildman–Crippen MR) is 68.8 cm³/mol. The third-order valence-corrected chi connectivity index (χ3v) is 3.49. The molecule has 0 spiro atoms. The standard InChI is InChI=1S/C13H11BrF3NO/c1-18-12(9-4-5-19-7-9)8-2-3-11(14)10(6-8)13(15,16)17/h2-7,12,18H,1H3. The van der Waals surface area contributed by atoms with Crippen LogP contribution >= 0.6 is 15.9 Å². The Balaban J connectivity index is 2.45. The average Bonchev–Trinajstić information content (AvgIpc) is 2.84. The first-order valence-corrected chi connectivity index (χ1v) is 6.29. The Morgan fingerprint density at radius 1 is 1.21 bits per heavy atom. The van der Waals surface area contributed by atoms with Gasteiger partial charge in [0.05, 0.1) is 24.1 Å². The van der Waals surface area contributed by atoms with Crippen LogP contribution in [-0.4, -0.2) is 7.05 Å². The number of benzene rings is 1. The number of hydrogen-bond donors (Lipinski definition) is 1. The second-order valence-electron chi connectivity index (χ2n) is 4.02. The van der Waals surface area contributed by atoms with Gasteiger partial charge in [-0.3, -0.25) is 0 Å². The van der Waals surface area contributed by atoms with Crippen molar-refractivity contribution in [3.8, 4) is 0 Å². The largest absolute Gasteiger partial charge is 0.472 e. The van der Waals surface area contributed by atoms with Crippen LogP contribution in [0, 0.1) is 0 Å². The summed E-state index contributed by atoms with van der Waals surface area (Å²) in [6.45, 7) is 0. The van der Waals surface area contributed by atoms with E-state index in [-0.39, 0.29) is 10.5 Å². The number of halogens is 4. The van der Waals surface area contributed by atoms with Gasteiger partial charge in [-0.25, -0.2) is 0 Å². The molecule has 0 aliphatic rings. The summed E-state index contributed by atoms with van der Waals surface area (Å²) in [5.41, 5.74) is 0.617. The molecule has 0 radical (unpaired) electrons. The van der Waals surface area contributed by atoms with Crippen molar-refractivity contribution in [1.29, 1.82) is 0 Å². The summed E-state index contributed by atoms with van der Waals surface area (Å²) in [5.74, 6) is 0. The van der Waals surface area contributed by atoms with E-state index in [2.05, 4.69) is 21.2 Å². The van der Waals surface area contributed by atoms with Gasteiger partial charge < -0.3 is 9.73 Å². The summed E-state index contributed by atoms with van der Waals surface area (Å²) in [6.07, 6.45) is -1.39. The minimum atomic E-state index is -4.39. The van der Waals surface area contributed by atoms with E-state index >= 15 is 0 Å². The minimum absolute atomic E-state index is 0.0331. The monoisotopic (exact) mass is 333 g/mol. The van der Waals surface area contributed by atoms with Crippen molar-refractivity contribution in [2.24, 2.45) is 0 Å². The normalized spacial score (nSPS) is 13.5. The summed E-state index contributed by atoms with van der Waals surface area (Å²) in [7, 11) is 1.69. The Bertz CT molecular complexity index is 552. The van der Waals surface area contributed by atoms with Crippen molar-refractivity contribution >= 4 is 15.9 Å². The number of furan rings is 1. The van der Waals surface area contributed by atoms with E-state index in [9.17, 15) is 13.2 Å². The Morgan fingerprint density at radius 3 is 2.47 bits per heavy atom. The van der Waals surface area contributed by atoms with Crippen LogP contribution in [0.3, 0.4) is 0 Å². The molecule has 19 heavy (non-hydrogen) atoms. The van der Waals surface area contributed by atoms with Crippen LogP contribution in [0.1, 0.15) is 22.7 Å². The van der Waals surface area contributed by atoms with Crippen LogP contribution in [-0.2, 0) is 6.18 Å². The average molecular weight is 334 g/mol. The van der Waals surface area contributed by atoms with Gasteiger partial charge in [-0.1, -0.05) is 22.0 Å². The molecule has 1 N–H and O–H groups in total. The van der Waals surface area contributed by atoms with Gasteiger partial charge in [-0.2, -0.15) is 13.2 Å². The maximum Gasteiger partial charge on any atom is 0.417 e. The lowest BCUT2D eigenvalue weighted by atomic mass is 9.99. The first-order valence-electron chi connectivity index (χ1n) is 5.49. The molecule has 0 saturated heterocycles. The molecule has 6 heteroatoms. The Labute approximate surface area is 116 Å². The summed E-state index contributed by atoms with van der Waals surface area (Å²) in [6, 6.07) is 5.57. The highest BCUT2D eigenvalue weighted by atomic mass is 79.9. The molecule has 0 aliphatic heterocycles. The van der Waals surface area contributed by atoms with Crippen molar-refractivity contribution in [3.63, 3.8) is 0 Å². The van der Waals surface area contributed by atoms with Crippen LogP contribution in [0.4, 0.5) is 13.2 Å². The van der Waals surface area contributed by atoms with E-state index in [1.54, 1.807) is 19.2 Å². The van der Waals surface area contributed by atoms with Gasteiger partial charge in [0.1, 0.15) is 0 Å². The minimum Gasteiger partial charge on any atom is -0.472 e. The lowest BCUT2D eigenvalue weighted by Crippen LogP contribution is -2.18. The molecular formula is C13H11BrF3NO. The predicted octanol–water partition coefficient (Wildman–Crippen LogP) is 4.37. The molecule has 0 amide bonds. The summed E-state index contributed by atoms with van der Waals surface area (Å²) in [4.78, 5) is 0. The quantitative estimate of drug-likeness (QED) is 0.902. The zero-order chi connectivity index (χ0) is 14.0. The van der Waals surface area contributed by atoms with E-state index in [1.807, 2.05) is 0 Å². The maximum absolute atomic E-state index is 12.9. The van der Waals surface area contributed by atoms with Gasteiger partial charge in [0.15, 0.2) is 0 Å². The molecule has 2 nitrogen and oxygen atoms in total. The van der Waals surface area contributed by atoms with Crippen molar-refractivity contribution in [2.75, 3.05) is 7.05 Å². The number of alkyl halides is 3. The van der Waals surface area contributed by atoms with Gasteiger partial charge in [0.2, 0.25) is 0 Å². The van der Waals surface area contributed by atoms with E-state index in [1.165, 1.54) is 18.6 Å². The Hall–Kier alpha value is -1.27. The van der Waals surface area contributed by atoms with Gasteiger partial charge in [-0.05, 0) is 30.8 Å². The summed E-state index contributed by atoms with van der Waals surface area (Å²) < 4.78 is 43.6. The lowest BCUT2D eigenvalue weighted by Gasteiger charge is -2.17. The van der Waals surface area contributed by atoms with Crippen LogP contribution in [0.15, 0.2) is 45.7 Å². The van der Waals surface area contributed by atoms with Gasteiger partial charge in [0, 0.05) is 10.0 Å². The molecule has 0 bridgehead atoms. The van der Waals surface area contributed by atoms with Gasteiger partial charge in [-0.15, -0.1) is 0 Å². The maximum atomic E-state index is 12.9. The molecule has 2 aromatic rings. The van der Waals surface area contributed by atoms with Crippen LogP contribution in [0.2, 0.25) is 0 Å². The fraction of sp³-hybridized carbons (Fsp3) is 0.231. The second kappa shape index (κ2) is 5.38. The molecule has 2 rings (SSSR count). The molecule has 0 fully saturated rings. The molecule has 1 heterocycles. The molecule has 0 saturated carbocycles. The summed E-state index contributed by atoms with van der Waals surface area (Å²) in [5, 5.41) is 2.98. The van der Waals surface area contributed by atoms with Gasteiger partial charge in [0.25, 0.3) is 0 Å². The van der Waals surface area contributed by atoms with Gasteiger partial charge >= 0.3 is 6.18 Å². The molecule has 1 atom stereocenters. The Kier molecular flexibility index (Phi) is 4.01. The number of nitrogens with one attached hydrogen (secondary N) is 1. The third kappa shape index (κ3) is 3.01. The molecule has 1 aromatic carbocycles. The Morgan fingerprint density at radius 2 is 1.95 bits per heavy atom. The molecule has 1 aromatic heterocycles. The number of rotatable bonds is 3. The molecule has 102 valence electrons. The molecular weight excluding hydrogens is 323 g/mol. The SMILES string of the molecule is CNC(c1ccoc1)c1ccc(Br)c(C(F)(F)F)c1. The first-order chi connectivity index (χ1) is 8.93. The summed E-state index contributed by atoms with van der Waals surface area (Å²) >= 11 is 2.93. The van der Waals surface area contributed by atoms with E-state index in [0.717, 1.165) is 11.6 Å². The van der Waals surface area contributed by atoms with Crippen LogP contribution in [0.5, 0.6) is 0 Å². The smallest absolute Gasteiger partial charge is 0.417 e. The van der Waals surface area contributed by atoms with Crippen LogP contribution in [0.25, 0.3) is 0 Å². The number of hydrogen-bond acceptors (Lipinski definition) is 2. The van der Waals surface area contributed by atoms with Crippen molar-refractivity contribution in [2.45, 2.75) is 12.2 Å².